The second kappa shape index (κ2) is 7.96. The molecule has 5 nitrogen and oxygen atoms in total. The van der Waals surface area contributed by atoms with Crippen LogP contribution < -0.4 is 5.32 Å². The molecule has 2 unspecified atom stereocenters. The van der Waals surface area contributed by atoms with Crippen LogP contribution in [-0.2, 0) is 9.53 Å². The lowest BCUT2D eigenvalue weighted by Gasteiger charge is -2.32. The number of aliphatic hydroxyl groups is 1. The van der Waals surface area contributed by atoms with E-state index in [1.807, 2.05) is 4.90 Å². The van der Waals surface area contributed by atoms with Gasteiger partial charge < -0.3 is 20.1 Å². The van der Waals surface area contributed by atoms with Gasteiger partial charge in [0.15, 0.2) is 0 Å². The highest BCUT2D eigenvalue weighted by Crippen LogP contribution is 2.26. The van der Waals surface area contributed by atoms with Gasteiger partial charge in [-0.1, -0.05) is 19.8 Å². The summed E-state index contributed by atoms with van der Waals surface area (Å²) in [6.07, 6.45) is 5.59. The summed E-state index contributed by atoms with van der Waals surface area (Å²) < 4.78 is 5.51. The number of ether oxygens (including phenoxy) is 1. The summed E-state index contributed by atoms with van der Waals surface area (Å²) in [5.74, 6) is 0.0748. The average molecular weight is 284 g/mol. The van der Waals surface area contributed by atoms with Gasteiger partial charge in [0.2, 0.25) is 5.91 Å². The van der Waals surface area contributed by atoms with Crippen LogP contribution in [0.3, 0.4) is 0 Å². The molecular formula is C15H28N2O3. The molecule has 0 aromatic heterocycles. The Hall–Kier alpha value is -0.650. The van der Waals surface area contributed by atoms with Gasteiger partial charge in [-0.15, -0.1) is 0 Å². The molecule has 5 heteroatoms. The van der Waals surface area contributed by atoms with Gasteiger partial charge in [0.25, 0.3) is 0 Å². The second-order valence-electron chi connectivity index (χ2n) is 5.90. The third-order valence-electron chi connectivity index (χ3n) is 4.44. The first kappa shape index (κ1) is 15.7. The van der Waals surface area contributed by atoms with E-state index >= 15 is 0 Å². The third-order valence-corrected chi connectivity index (χ3v) is 4.44. The Balaban J connectivity index is 1.98. The fourth-order valence-corrected chi connectivity index (χ4v) is 3.34. The summed E-state index contributed by atoms with van der Waals surface area (Å²) in [5, 5.41) is 12.7. The van der Waals surface area contributed by atoms with Gasteiger partial charge in [0.05, 0.1) is 25.7 Å². The molecule has 2 N–H and O–H groups in total. The number of rotatable bonds is 7. The number of carbonyl (C=O) groups excluding carboxylic acids is 1. The Morgan fingerprint density at radius 3 is 2.75 bits per heavy atom. The van der Waals surface area contributed by atoms with Crippen LogP contribution in [0.2, 0.25) is 0 Å². The predicted molar refractivity (Wildman–Crippen MR) is 77.4 cm³/mol. The first-order valence-electron chi connectivity index (χ1n) is 8.00. The number of aliphatic hydroxyl groups excluding tert-OH is 1. The normalized spacial score (nSPS) is 27.1. The van der Waals surface area contributed by atoms with E-state index in [9.17, 15) is 9.90 Å². The zero-order valence-corrected chi connectivity index (χ0v) is 12.5. The monoisotopic (exact) mass is 284 g/mol. The molecule has 0 aromatic rings. The summed E-state index contributed by atoms with van der Waals surface area (Å²) in [6.45, 7) is 4.67. The first-order chi connectivity index (χ1) is 9.77. The van der Waals surface area contributed by atoms with E-state index in [0.717, 1.165) is 25.8 Å². The molecule has 2 rings (SSSR count). The van der Waals surface area contributed by atoms with Crippen molar-refractivity contribution >= 4 is 5.91 Å². The van der Waals surface area contributed by atoms with Crippen molar-refractivity contribution in [3.05, 3.63) is 0 Å². The van der Waals surface area contributed by atoms with Crippen molar-refractivity contribution in [3.8, 4) is 0 Å². The molecule has 1 saturated heterocycles. The van der Waals surface area contributed by atoms with Crippen LogP contribution in [-0.4, -0.2) is 60.9 Å². The molecule has 0 radical (unpaired) electrons. The van der Waals surface area contributed by atoms with E-state index in [1.165, 1.54) is 12.8 Å². The zero-order chi connectivity index (χ0) is 14.4. The zero-order valence-electron chi connectivity index (χ0n) is 12.5. The Morgan fingerprint density at radius 1 is 1.35 bits per heavy atom. The smallest absolute Gasteiger partial charge is 0.230 e. The summed E-state index contributed by atoms with van der Waals surface area (Å²) >= 11 is 0. The molecule has 2 aliphatic rings. The molecule has 1 aliphatic carbocycles. The fraction of sp³-hybridized carbons (Fsp3) is 0.933. The maximum Gasteiger partial charge on any atom is 0.230 e. The van der Waals surface area contributed by atoms with E-state index in [4.69, 9.17) is 4.74 Å². The lowest BCUT2D eigenvalue weighted by molar-refractivity contribution is -0.139. The Kier molecular flexibility index (Phi) is 6.26. The van der Waals surface area contributed by atoms with Gasteiger partial charge >= 0.3 is 0 Å². The van der Waals surface area contributed by atoms with Crippen molar-refractivity contribution < 1.29 is 14.6 Å². The highest BCUT2D eigenvalue weighted by Gasteiger charge is 2.38. The number of amides is 1. The lowest BCUT2D eigenvalue weighted by atomic mass is 10.00. The van der Waals surface area contributed by atoms with Crippen molar-refractivity contribution in [2.24, 2.45) is 5.92 Å². The number of nitrogens with one attached hydrogen (secondary N) is 1. The molecule has 1 saturated carbocycles. The second-order valence-corrected chi connectivity index (χ2v) is 5.90. The molecule has 2 atom stereocenters. The van der Waals surface area contributed by atoms with E-state index in [-0.39, 0.29) is 24.5 Å². The van der Waals surface area contributed by atoms with Gasteiger partial charge in [-0.3, -0.25) is 4.79 Å². The number of carbonyl (C=O) groups is 1. The molecule has 0 spiro atoms. The number of hydrogen-bond acceptors (Lipinski definition) is 4. The van der Waals surface area contributed by atoms with Gasteiger partial charge in [0.1, 0.15) is 0 Å². The standard InChI is InChI=1S/C15H28N2O3/c1-2-7-16-14-11-20-10-13(14)15(19)17(8-9-18)12-5-3-4-6-12/h12-14,16,18H,2-11H2,1H3. The van der Waals surface area contributed by atoms with Crippen molar-refractivity contribution in [1.82, 2.24) is 10.2 Å². The minimum atomic E-state index is -0.0892. The Bertz CT molecular complexity index is 305. The summed E-state index contributed by atoms with van der Waals surface area (Å²) in [5.41, 5.74) is 0. The largest absolute Gasteiger partial charge is 0.395 e. The minimum absolute atomic E-state index is 0.0445. The van der Waals surface area contributed by atoms with Crippen LogP contribution in [0.15, 0.2) is 0 Å². The van der Waals surface area contributed by atoms with Gasteiger partial charge in [-0.2, -0.15) is 0 Å². The molecule has 0 bridgehead atoms. The maximum absolute atomic E-state index is 12.8. The Morgan fingerprint density at radius 2 is 2.10 bits per heavy atom. The van der Waals surface area contributed by atoms with Crippen LogP contribution in [0, 0.1) is 5.92 Å². The van der Waals surface area contributed by atoms with Crippen LogP contribution in [0.25, 0.3) is 0 Å². The van der Waals surface area contributed by atoms with Crippen molar-refractivity contribution in [3.63, 3.8) is 0 Å². The molecule has 1 amide bonds. The van der Waals surface area contributed by atoms with Crippen LogP contribution in [0.1, 0.15) is 39.0 Å². The highest BCUT2D eigenvalue weighted by atomic mass is 16.5. The van der Waals surface area contributed by atoms with Crippen LogP contribution in [0.4, 0.5) is 0 Å². The molecular weight excluding hydrogens is 256 g/mol. The topological polar surface area (TPSA) is 61.8 Å². The SMILES string of the molecule is CCCNC1COCC1C(=O)N(CCO)C1CCCC1. The number of nitrogens with zero attached hydrogens (tertiary/aromatic N) is 1. The Labute approximate surface area is 121 Å². The van der Waals surface area contributed by atoms with Crippen LogP contribution in [0.5, 0.6) is 0 Å². The van der Waals surface area contributed by atoms with Crippen molar-refractivity contribution in [2.45, 2.75) is 51.1 Å². The van der Waals surface area contributed by atoms with Gasteiger partial charge in [-0.05, 0) is 25.8 Å². The van der Waals surface area contributed by atoms with E-state index in [1.54, 1.807) is 0 Å². The molecule has 1 heterocycles. The fourth-order valence-electron chi connectivity index (χ4n) is 3.34. The molecule has 2 fully saturated rings. The molecule has 1 aliphatic heterocycles. The van der Waals surface area contributed by atoms with Gasteiger partial charge in [0, 0.05) is 18.6 Å². The minimum Gasteiger partial charge on any atom is -0.395 e. The molecule has 116 valence electrons. The molecule has 20 heavy (non-hydrogen) atoms. The summed E-state index contributed by atoms with van der Waals surface area (Å²) in [7, 11) is 0. The maximum atomic E-state index is 12.8. The van der Waals surface area contributed by atoms with Gasteiger partial charge in [-0.25, -0.2) is 0 Å². The first-order valence-corrected chi connectivity index (χ1v) is 8.00. The highest BCUT2D eigenvalue weighted by molar-refractivity contribution is 5.80. The van der Waals surface area contributed by atoms with Crippen LogP contribution >= 0.6 is 0 Å². The van der Waals surface area contributed by atoms with E-state index in [0.29, 0.717) is 25.8 Å². The number of hydrogen-bond donors (Lipinski definition) is 2. The van der Waals surface area contributed by atoms with E-state index < -0.39 is 0 Å². The predicted octanol–water partition coefficient (Wildman–Crippen LogP) is 0.764. The summed E-state index contributed by atoms with van der Waals surface area (Å²) in [4.78, 5) is 14.7. The quantitative estimate of drug-likeness (QED) is 0.725. The van der Waals surface area contributed by atoms with Crippen molar-refractivity contribution in [1.29, 1.82) is 0 Å². The van der Waals surface area contributed by atoms with Crippen molar-refractivity contribution in [2.75, 3.05) is 32.9 Å². The molecule has 0 aromatic carbocycles. The average Bonchev–Trinajstić information content (AvgIpc) is 3.12. The summed E-state index contributed by atoms with van der Waals surface area (Å²) in [6, 6.07) is 0.451. The van der Waals surface area contributed by atoms with E-state index in [2.05, 4.69) is 12.2 Å². The third kappa shape index (κ3) is 3.71. The lowest BCUT2D eigenvalue weighted by Crippen LogP contribution is -2.49.